The summed E-state index contributed by atoms with van der Waals surface area (Å²) in [7, 11) is 1.64. The van der Waals surface area contributed by atoms with Gasteiger partial charge in [-0.15, -0.1) is 0 Å². The van der Waals surface area contributed by atoms with E-state index < -0.39 is 0 Å². The number of ether oxygens (including phenoxy) is 2. The van der Waals surface area contributed by atoms with Crippen LogP contribution in [0.4, 0.5) is 5.69 Å². The van der Waals surface area contributed by atoms with Crippen LogP contribution in [0.5, 0.6) is 11.5 Å². The zero-order valence-electron chi connectivity index (χ0n) is 18.8. The maximum Gasteiger partial charge on any atom is 0.150 e. The van der Waals surface area contributed by atoms with Gasteiger partial charge in [0.2, 0.25) is 0 Å². The molecule has 32 heavy (non-hydrogen) atoms. The van der Waals surface area contributed by atoms with Crippen molar-refractivity contribution < 1.29 is 9.47 Å². The van der Waals surface area contributed by atoms with Crippen molar-refractivity contribution in [1.82, 2.24) is 0 Å². The number of benzene rings is 3. The van der Waals surface area contributed by atoms with Crippen LogP contribution in [-0.2, 0) is 0 Å². The Morgan fingerprint density at radius 1 is 1.00 bits per heavy atom. The number of hydrogen-bond donors (Lipinski definition) is 1. The van der Waals surface area contributed by atoms with Gasteiger partial charge in [-0.05, 0) is 86.4 Å². The van der Waals surface area contributed by atoms with Crippen molar-refractivity contribution in [3.8, 4) is 22.6 Å². The molecule has 1 N–H and O–H groups in total. The Bertz CT molecular complexity index is 1270. The molecule has 2 aliphatic rings. The van der Waals surface area contributed by atoms with Gasteiger partial charge in [-0.1, -0.05) is 35.3 Å². The average molecular weight is 466 g/mol. The van der Waals surface area contributed by atoms with Crippen LogP contribution in [0.25, 0.3) is 16.7 Å². The maximum atomic E-state index is 6.64. The summed E-state index contributed by atoms with van der Waals surface area (Å²) >= 11 is 13.0. The Morgan fingerprint density at radius 2 is 1.78 bits per heavy atom. The predicted molar refractivity (Wildman–Crippen MR) is 133 cm³/mol. The average Bonchev–Trinajstić information content (AvgIpc) is 2.71. The zero-order valence-corrected chi connectivity index (χ0v) is 20.3. The summed E-state index contributed by atoms with van der Waals surface area (Å²) in [5, 5.41) is 4.92. The predicted octanol–water partition coefficient (Wildman–Crippen LogP) is 8.07. The molecule has 3 nitrogen and oxygen atoms in total. The first-order valence-corrected chi connectivity index (χ1v) is 11.4. The summed E-state index contributed by atoms with van der Waals surface area (Å²) < 4.78 is 12.1. The molecule has 0 saturated carbocycles. The lowest BCUT2D eigenvalue weighted by molar-refractivity contribution is 0.243. The standard InChI is InChI=1S/C27H25Cl2NO2/c1-14-10-16(11-20(29)25(14)31-5)26-24-18(19-12-17(28)6-9-22(19)32-26)7-8-21-23(24)15(2)13-27(3,4)30-21/h6-13,26,30H,1-5H3. The van der Waals surface area contributed by atoms with Gasteiger partial charge in [-0.3, -0.25) is 0 Å². The first kappa shape index (κ1) is 21.2. The molecule has 3 aromatic carbocycles. The lowest BCUT2D eigenvalue weighted by Crippen LogP contribution is -2.32. The highest BCUT2D eigenvalue weighted by Gasteiger charge is 2.35. The summed E-state index contributed by atoms with van der Waals surface area (Å²) in [5.41, 5.74) is 8.56. The topological polar surface area (TPSA) is 30.5 Å². The number of allylic oxidation sites excluding steroid dienone is 1. The van der Waals surface area contributed by atoms with Crippen molar-refractivity contribution in [2.75, 3.05) is 12.4 Å². The van der Waals surface area contributed by atoms with Crippen molar-refractivity contribution in [3.63, 3.8) is 0 Å². The van der Waals surface area contributed by atoms with Crippen molar-refractivity contribution in [2.45, 2.75) is 39.3 Å². The third-order valence-corrected chi connectivity index (χ3v) is 6.69. The molecular formula is C27H25Cl2NO2. The molecular weight excluding hydrogens is 441 g/mol. The second kappa shape index (κ2) is 7.47. The molecule has 5 heteroatoms. The summed E-state index contributed by atoms with van der Waals surface area (Å²) in [6.07, 6.45) is 1.95. The molecule has 2 aliphatic heterocycles. The minimum absolute atomic E-state index is 0.127. The Labute approximate surface area is 199 Å². The van der Waals surface area contributed by atoms with Crippen LogP contribution in [0.1, 0.15) is 49.1 Å². The molecule has 0 bridgehead atoms. The summed E-state index contributed by atoms with van der Waals surface area (Å²) in [4.78, 5) is 0. The lowest BCUT2D eigenvalue weighted by atomic mass is 9.80. The number of methoxy groups -OCH3 is 1. The molecule has 0 aliphatic carbocycles. The lowest BCUT2D eigenvalue weighted by Gasteiger charge is -2.37. The first-order chi connectivity index (χ1) is 15.2. The number of hydrogen-bond acceptors (Lipinski definition) is 3. The van der Waals surface area contributed by atoms with E-state index in [1.165, 1.54) is 11.1 Å². The van der Waals surface area contributed by atoms with Gasteiger partial charge in [0.05, 0.1) is 17.7 Å². The zero-order chi connectivity index (χ0) is 22.8. The fourth-order valence-corrected chi connectivity index (χ4v) is 5.58. The highest BCUT2D eigenvalue weighted by Crippen LogP contribution is 2.51. The van der Waals surface area contributed by atoms with E-state index in [0.29, 0.717) is 15.8 Å². The molecule has 1 unspecified atom stereocenters. The maximum absolute atomic E-state index is 6.64. The molecule has 0 spiro atoms. The van der Waals surface area contributed by atoms with E-state index >= 15 is 0 Å². The first-order valence-electron chi connectivity index (χ1n) is 10.6. The smallest absolute Gasteiger partial charge is 0.150 e. The number of aryl methyl sites for hydroxylation is 1. The molecule has 0 radical (unpaired) electrons. The third-order valence-electron chi connectivity index (χ3n) is 6.17. The number of halogens is 2. The van der Waals surface area contributed by atoms with Crippen LogP contribution >= 0.6 is 23.2 Å². The Kier molecular flexibility index (Phi) is 4.96. The molecule has 3 aromatic rings. The van der Waals surface area contributed by atoms with Gasteiger partial charge in [-0.2, -0.15) is 0 Å². The molecule has 0 amide bonds. The summed E-state index contributed by atoms with van der Waals surface area (Å²) in [6, 6.07) is 14.1. The van der Waals surface area contributed by atoms with Crippen LogP contribution in [0, 0.1) is 6.92 Å². The highest BCUT2D eigenvalue weighted by molar-refractivity contribution is 6.32. The van der Waals surface area contributed by atoms with Crippen LogP contribution in [0.15, 0.2) is 48.5 Å². The summed E-state index contributed by atoms with van der Waals surface area (Å²) in [6.45, 7) is 8.52. The quantitative estimate of drug-likeness (QED) is 0.414. The number of anilines is 1. The normalized spacial score (nSPS) is 17.8. The molecule has 164 valence electrons. The van der Waals surface area contributed by atoms with Gasteiger partial charge in [-0.25, -0.2) is 0 Å². The van der Waals surface area contributed by atoms with Crippen LogP contribution in [0.3, 0.4) is 0 Å². The fourth-order valence-electron chi connectivity index (χ4n) is 5.06. The summed E-state index contributed by atoms with van der Waals surface area (Å²) in [5.74, 6) is 1.50. The Hall–Kier alpha value is -2.62. The Morgan fingerprint density at radius 3 is 2.50 bits per heavy atom. The minimum atomic E-state index is -0.318. The van der Waals surface area contributed by atoms with E-state index in [0.717, 1.165) is 39.3 Å². The van der Waals surface area contributed by atoms with E-state index in [2.05, 4.69) is 50.4 Å². The van der Waals surface area contributed by atoms with E-state index in [1.807, 2.05) is 31.2 Å². The number of fused-ring (bicyclic) bond motifs is 5. The number of nitrogens with one attached hydrogen (secondary N) is 1. The largest absolute Gasteiger partial charge is 0.495 e. The van der Waals surface area contributed by atoms with Gasteiger partial charge >= 0.3 is 0 Å². The van der Waals surface area contributed by atoms with Crippen molar-refractivity contribution in [3.05, 3.63) is 80.8 Å². The van der Waals surface area contributed by atoms with Gasteiger partial charge in [0.15, 0.2) is 6.10 Å². The van der Waals surface area contributed by atoms with Crippen LogP contribution in [0.2, 0.25) is 10.0 Å². The van der Waals surface area contributed by atoms with Gasteiger partial charge in [0.1, 0.15) is 11.5 Å². The van der Waals surface area contributed by atoms with Gasteiger partial charge < -0.3 is 14.8 Å². The van der Waals surface area contributed by atoms with Crippen LogP contribution < -0.4 is 14.8 Å². The molecule has 5 rings (SSSR count). The number of rotatable bonds is 2. The van der Waals surface area contributed by atoms with Crippen molar-refractivity contribution >= 4 is 34.5 Å². The van der Waals surface area contributed by atoms with Gasteiger partial charge in [0.25, 0.3) is 0 Å². The molecule has 0 aromatic heterocycles. The van der Waals surface area contributed by atoms with Crippen molar-refractivity contribution in [1.29, 1.82) is 0 Å². The monoisotopic (exact) mass is 465 g/mol. The Balaban J connectivity index is 1.80. The highest BCUT2D eigenvalue weighted by atomic mass is 35.5. The molecule has 0 saturated heterocycles. The molecule has 0 fully saturated rings. The van der Waals surface area contributed by atoms with E-state index in [4.69, 9.17) is 32.7 Å². The van der Waals surface area contributed by atoms with E-state index in [-0.39, 0.29) is 11.6 Å². The second-order valence-corrected chi connectivity index (χ2v) is 9.96. The van der Waals surface area contributed by atoms with Gasteiger partial charge in [0, 0.05) is 27.4 Å². The second-order valence-electron chi connectivity index (χ2n) is 9.11. The molecule has 2 heterocycles. The SMILES string of the molecule is COc1c(C)cc(C2Oc3ccc(Cl)cc3-c3ccc4c(c32)C(C)=CC(C)(C)N4)cc1Cl. The molecule has 1 atom stereocenters. The minimum Gasteiger partial charge on any atom is -0.495 e. The van der Waals surface area contributed by atoms with Crippen LogP contribution in [-0.4, -0.2) is 12.6 Å². The van der Waals surface area contributed by atoms with E-state index in [1.54, 1.807) is 7.11 Å². The van der Waals surface area contributed by atoms with E-state index in [9.17, 15) is 0 Å². The third kappa shape index (κ3) is 3.35. The van der Waals surface area contributed by atoms with Crippen molar-refractivity contribution in [2.24, 2.45) is 0 Å². The fraction of sp³-hybridized carbons (Fsp3) is 0.259.